The number of Topliss-reactive ketones (excluding diaryl/α,β-unsaturated/α-hetero) is 1. The molecule has 1 rings (SSSR count). The maximum absolute atomic E-state index is 11.2. The number of ketones is 1. The molecule has 0 aromatic heterocycles. The molecule has 0 spiro atoms. The highest BCUT2D eigenvalue weighted by atomic mass is 16.6. The van der Waals surface area contributed by atoms with Gasteiger partial charge in [-0.2, -0.15) is 0 Å². The van der Waals surface area contributed by atoms with E-state index in [1.807, 2.05) is 0 Å². The van der Waals surface area contributed by atoms with Gasteiger partial charge in [-0.1, -0.05) is 6.42 Å². The van der Waals surface area contributed by atoms with E-state index in [4.69, 9.17) is 4.74 Å². The summed E-state index contributed by atoms with van der Waals surface area (Å²) < 4.78 is 9.38. The molecule has 12 heavy (non-hydrogen) atoms. The topological polar surface area (TPSA) is 37.6 Å². The quantitative estimate of drug-likeness (QED) is 0.468. The Bertz CT molecular complexity index is 175. The molecule has 1 fully saturated rings. The number of ether oxygens (including phenoxy) is 1. The molecule has 68 valence electrons. The fourth-order valence-electron chi connectivity index (χ4n) is 1.42. The van der Waals surface area contributed by atoms with E-state index in [0.717, 1.165) is 19.3 Å². The molecule has 3 heteroatoms. The smallest absolute Gasteiger partial charge is 0.170 e. The zero-order chi connectivity index (χ0) is 8.81. The summed E-state index contributed by atoms with van der Waals surface area (Å²) in [6.07, 6.45) is 3.82. The second kappa shape index (κ2) is 4.91. The molecule has 0 aromatic rings. The van der Waals surface area contributed by atoms with Crippen LogP contribution in [0, 0.1) is 5.92 Å². The van der Waals surface area contributed by atoms with E-state index < -0.39 is 0 Å². The Balaban J connectivity index is 2.24. The van der Waals surface area contributed by atoms with Crippen molar-refractivity contribution < 1.29 is 14.0 Å². The van der Waals surface area contributed by atoms with Crippen LogP contribution >= 0.6 is 0 Å². The monoisotopic (exact) mass is 170 g/mol. The van der Waals surface area contributed by atoms with Gasteiger partial charge in [-0.15, -0.1) is 0 Å². The second-order valence-electron chi connectivity index (χ2n) is 3.01. The Morgan fingerprint density at radius 1 is 1.67 bits per heavy atom. The normalized spacial score (nSPS) is 24.8. The SMILES string of the molecule is C[O+]=[C-]OCC1CCCCC1=O. The molecule has 1 aliphatic rings. The van der Waals surface area contributed by atoms with Crippen LogP contribution in [0.2, 0.25) is 0 Å². The largest absolute Gasteiger partial charge is 0.506 e. The maximum atomic E-state index is 11.2. The highest BCUT2D eigenvalue weighted by molar-refractivity contribution is 5.81. The molecule has 0 N–H and O–H groups in total. The molecule has 0 aromatic carbocycles. The molecule has 0 heterocycles. The minimum atomic E-state index is 0.0707. The third-order valence-electron chi connectivity index (χ3n) is 2.11. The van der Waals surface area contributed by atoms with Gasteiger partial charge in [-0.25, -0.2) is 0 Å². The molecule has 1 saturated carbocycles. The van der Waals surface area contributed by atoms with Crippen molar-refractivity contribution in [2.24, 2.45) is 5.92 Å². The summed E-state index contributed by atoms with van der Waals surface area (Å²) >= 11 is 0. The van der Waals surface area contributed by atoms with E-state index in [-0.39, 0.29) is 5.92 Å². The lowest BCUT2D eigenvalue weighted by atomic mass is 9.89. The number of hydrogen-bond donors (Lipinski definition) is 0. The van der Waals surface area contributed by atoms with Gasteiger partial charge in [-0.3, -0.25) is 4.79 Å². The highest BCUT2D eigenvalue weighted by Crippen LogP contribution is 2.20. The molecule has 0 bridgehead atoms. The number of carbonyl (C=O) groups excluding carboxylic acids is 2. The third kappa shape index (κ3) is 2.64. The molecule has 1 unspecified atom stereocenters. The van der Waals surface area contributed by atoms with E-state index in [2.05, 4.69) is 10.9 Å². The summed E-state index contributed by atoms with van der Waals surface area (Å²) in [4.78, 5) is 11.2. The Kier molecular flexibility index (Phi) is 3.77. The lowest BCUT2D eigenvalue weighted by Crippen LogP contribution is -2.23. The Hall–Kier alpha value is -0.860. The molecule has 0 saturated heterocycles. The van der Waals surface area contributed by atoms with Crippen LogP contribution in [0.4, 0.5) is 0 Å². The first kappa shape index (κ1) is 9.23. The van der Waals surface area contributed by atoms with Crippen LogP contribution in [-0.2, 0) is 14.0 Å². The lowest BCUT2D eigenvalue weighted by molar-refractivity contribution is -0.125. The van der Waals surface area contributed by atoms with Crippen LogP contribution < -0.4 is 0 Å². The van der Waals surface area contributed by atoms with Gasteiger partial charge in [0.2, 0.25) is 0 Å². The molecule has 0 amide bonds. The van der Waals surface area contributed by atoms with E-state index in [1.54, 1.807) is 0 Å². The van der Waals surface area contributed by atoms with Crippen LogP contribution in [-0.4, -0.2) is 26.0 Å². The van der Waals surface area contributed by atoms with E-state index in [0.29, 0.717) is 18.8 Å². The molecule has 3 nitrogen and oxygen atoms in total. The van der Waals surface area contributed by atoms with Gasteiger partial charge in [-0.05, 0) is 12.8 Å². The number of rotatable bonds is 3. The fourth-order valence-corrected chi connectivity index (χ4v) is 1.42. The number of carbonyl (C=O) groups is 1. The van der Waals surface area contributed by atoms with Gasteiger partial charge in [0, 0.05) is 6.42 Å². The summed E-state index contributed by atoms with van der Waals surface area (Å²) in [6.45, 7) is 2.69. The van der Waals surface area contributed by atoms with Crippen molar-refractivity contribution in [2.75, 3.05) is 13.7 Å². The maximum Gasteiger partial charge on any atom is 0.170 e. The van der Waals surface area contributed by atoms with Gasteiger partial charge < -0.3 is 9.16 Å². The van der Waals surface area contributed by atoms with E-state index >= 15 is 0 Å². The summed E-state index contributed by atoms with van der Waals surface area (Å²) in [6, 6.07) is 0. The van der Waals surface area contributed by atoms with Crippen molar-refractivity contribution in [3.63, 3.8) is 0 Å². The van der Waals surface area contributed by atoms with Crippen molar-refractivity contribution in [2.45, 2.75) is 25.7 Å². The highest BCUT2D eigenvalue weighted by Gasteiger charge is 2.23. The second-order valence-corrected chi connectivity index (χ2v) is 3.01. The van der Waals surface area contributed by atoms with Crippen LogP contribution in [0.3, 0.4) is 0 Å². The third-order valence-corrected chi connectivity index (χ3v) is 2.11. The average molecular weight is 170 g/mol. The van der Waals surface area contributed by atoms with E-state index in [1.165, 1.54) is 7.11 Å². The van der Waals surface area contributed by atoms with Crippen molar-refractivity contribution in [3.05, 3.63) is 0 Å². The standard InChI is InChI=1S/C9H14O3/c1-11-7-12-6-8-4-2-3-5-9(8)10/h8H,2-6H2,1H3. The molecular weight excluding hydrogens is 156 g/mol. The zero-order valence-corrected chi connectivity index (χ0v) is 7.34. The predicted molar refractivity (Wildman–Crippen MR) is 44.5 cm³/mol. The van der Waals surface area contributed by atoms with Crippen molar-refractivity contribution in [3.8, 4) is 0 Å². The van der Waals surface area contributed by atoms with Crippen LogP contribution in [0.25, 0.3) is 0 Å². The van der Waals surface area contributed by atoms with Gasteiger partial charge in [0.15, 0.2) is 6.47 Å². The minimum absolute atomic E-state index is 0.0707. The molecule has 1 atom stereocenters. The summed E-state index contributed by atoms with van der Waals surface area (Å²) in [5.74, 6) is 0.389. The average Bonchev–Trinajstić information content (AvgIpc) is 2.09. The predicted octanol–water partition coefficient (Wildman–Crippen LogP) is 0.995. The number of hydrogen-bond acceptors (Lipinski definition) is 2. The van der Waals surface area contributed by atoms with Crippen molar-refractivity contribution in [1.29, 1.82) is 0 Å². The summed E-state index contributed by atoms with van der Waals surface area (Å²) in [7, 11) is 1.47. The lowest BCUT2D eigenvalue weighted by Gasteiger charge is -2.18. The summed E-state index contributed by atoms with van der Waals surface area (Å²) in [5, 5.41) is 0. The van der Waals surface area contributed by atoms with Gasteiger partial charge in [0.1, 0.15) is 19.5 Å². The van der Waals surface area contributed by atoms with Crippen LogP contribution in [0.15, 0.2) is 0 Å². The van der Waals surface area contributed by atoms with Crippen LogP contribution in [0.5, 0.6) is 0 Å². The first-order valence-corrected chi connectivity index (χ1v) is 4.27. The van der Waals surface area contributed by atoms with E-state index in [9.17, 15) is 4.79 Å². The Labute approximate surface area is 72.4 Å². The molecular formula is C9H14O3. The van der Waals surface area contributed by atoms with Crippen LogP contribution in [0.1, 0.15) is 25.7 Å². The van der Waals surface area contributed by atoms with Crippen molar-refractivity contribution in [1.82, 2.24) is 0 Å². The fraction of sp³-hybridized carbons (Fsp3) is 0.778. The minimum Gasteiger partial charge on any atom is -0.506 e. The molecule has 1 aliphatic carbocycles. The van der Waals surface area contributed by atoms with Crippen molar-refractivity contribution >= 4 is 12.3 Å². The summed E-state index contributed by atoms with van der Waals surface area (Å²) in [5.41, 5.74) is 0. The first-order valence-electron chi connectivity index (χ1n) is 4.27. The zero-order valence-electron chi connectivity index (χ0n) is 7.34. The molecule has 0 aliphatic heterocycles. The Morgan fingerprint density at radius 3 is 3.17 bits per heavy atom. The molecule has 0 radical (unpaired) electrons. The first-order chi connectivity index (χ1) is 5.84. The van der Waals surface area contributed by atoms with Gasteiger partial charge in [0.05, 0.1) is 5.92 Å². The van der Waals surface area contributed by atoms with Gasteiger partial charge >= 0.3 is 0 Å². The Morgan fingerprint density at radius 2 is 2.50 bits per heavy atom. The van der Waals surface area contributed by atoms with Gasteiger partial charge in [0.25, 0.3) is 0 Å².